The van der Waals surface area contributed by atoms with E-state index in [1.807, 2.05) is 0 Å². The van der Waals surface area contributed by atoms with Crippen LogP contribution in [-0.2, 0) is 11.2 Å². The Morgan fingerprint density at radius 3 is 2.69 bits per heavy atom. The Morgan fingerprint density at radius 2 is 1.94 bits per heavy atom. The number of morpholine rings is 1. The first-order chi connectivity index (χ1) is 7.86. The lowest BCUT2D eigenvalue weighted by molar-refractivity contribution is 0.0143. The highest BCUT2D eigenvalue weighted by Gasteiger charge is 2.33. The Kier molecular flexibility index (Phi) is 2.70. The minimum atomic E-state index is 0.675. The summed E-state index contributed by atoms with van der Waals surface area (Å²) in [5.41, 5.74) is 3.10. The van der Waals surface area contributed by atoms with E-state index in [0.29, 0.717) is 12.0 Å². The van der Waals surface area contributed by atoms with Crippen molar-refractivity contribution in [2.24, 2.45) is 0 Å². The van der Waals surface area contributed by atoms with E-state index in [1.165, 1.54) is 6.42 Å². The van der Waals surface area contributed by atoms with Crippen LogP contribution in [0.1, 0.15) is 24.0 Å². The molecule has 0 radical (unpaired) electrons. The summed E-state index contributed by atoms with van der Waals surface area (Å²) in [5, 5.41) is 0. The van der Waals surface area contributed by atoms with Crippen molar-refractivity contribution in [2.45, 2.75) is 25.3 Å². The molecule has 0 saturated carbocycles. The smallest absolute Gasteiger partial charge is 0.0594 e. The molecular weight excluding hydrogens is 198 g/mol. The summed E-state index contributed by atoms with van der Waals surface area (Å²) in [4.78, 5) is 2.61. The fourth-order valence-electron chi connectivity index (χ4n) is 3.13. The highest BCUT2D eigenvalue weighted by atomic mass is 16.5. The van der Waals surface area contributed by atoms with E-state index in [9.17, 15) is 0 Å². The molecule has 86 valence electrons. The quantitative estimate of drug-likeness (QED) is 0.714. The van der Waals surface area contributed by atoms with Crippen molar-refractivity contribution in [3.8, 4) is 0 Å². The summed E-state index contributed by atoms with van der Waals surface area (Å²) in [7, 11) is 0. The Bertz CT molecular complexity index is 371. The molecular formula is C14H19NO. The van der Waals surface area contributed by atoms with Crippen molar-refractivity contribution in [1.82, 2.24) is 4.90 Å². The number of hydrogen-bond donors (Lipinski definition) is 0. The molecule has 0 spiro atoms. The van der Waals surface area contributed by atoms with Crippen molar-refractivity contribution in [3.05, 3.63) is 35.4 Å². The molecule has 1 saturated heterocycles. The van der Waals surface area contributed by atoms with Gasteiger partial charge in [-0.05, 0) is 23.5 Å². The number of ether oxygens (including phenoxy) is 1. The van der Waals surface area contributed by atoms with Gasteiger partial charge in [0.1, 0.15) is 0 Å². The maximum atomic E-state index is 5.43. The van der Waals surface area contributed by atoms with Crippen molar-refractivity contribution in [1.29, 1.82) is 0 Å². The van der Waals surface area contributed by atoms with Crippen molar-refractivity contribution in [3.63, 3.8) is 0 Å². The van der Waals surface area contributed by atoms with E-state index in [0.717, 1.165) is 26.3 Å². The molecule has 1 aliphatic carbocycles. The third kappa shape index (κ3) is 1.66. The molecule has 2 heteroatoms. The summed E-state index contributed by atoms with van der Waals surface area (Å²) < 4.78 is 5.43. The zero-order valence-corrected chi connectivity index (χ0v) is 9.86. The van der Waals surface area contributed by atoms with Gasteiger partial charge in [0.05, 0.1) is 13.2 Å². The van der Waals surface area contributed by atoms with E-state index in [1.54, 1.807) is 11.1 Å². The van der Waals surface area contributed by atoms with Crippen LogP contribution >= 0.6 is 0 Å². The first-order valence-corrected chi connectivity index (χ1v) is 6.26. The van der Waals surface area contributed by atoms with Gasteiger partial charge in [0.25, 0.3) is 0 Å². The molecule has 1 aliphatic heterocycles. The summed E-state index contributed by atoms with van der Waals surface area (Å²) in [6, 6.07) is 9.60. The molecule has 0 amide bonds. The van der Waals surface area contributed by atoms with Crippen molar-refractivity contribution >= 4 is 0 Å². The molecule has 2 aliphatic rings. The molecule has 2 atom stereocenters. The van der Waals surface area contributed by atoms with Crippen LogP contribution in [0.25, 0.3) is 0 Å². The van der Waals surface area contributed by atoms with Crippen LogP contribution in [0.4, 0.5) is 0 Å². The molecule has 1 fully saturated rings. The average Bonchev–Trinajstić information content (AvgIpc) is 2.69. The number of nitrogens with zero attached hydrogens (tertiary/aromatic N) is 1. The molecule has 2 nitrogen and oxygen atoms in total. The Hall–Kier alpha value is -0.860. The second-order valence-corrected chi connectivity index (χ2v) is 4.91. The number of rotatable bonds is 1. The van der Waals surface area contributed by atoms with Gasteiger partial charge in [-0.1, -0.05) is 31.2 Å². The molecule has 0 bridgehead atoms. The van der Waals surface area contributed by atoms with Crippen LogP contribution in [0, 0.1) is 0 Å². The topological polar surface area (TPSA) is 12.5 Å². The molecule has 1 aromatic carbocycles. The van der Waals surface area contributed by atoms with Crippen LogP contribution in [0.5, 0.6) is 0 Å². The standard InChI is InChI=1S/C14H19NO/c1-11-13-5-3-2-4-12(13)10-14(11)15-6-8-16-9-7-15/h2-5,11,14H,6-10H2,1H3/t11-,14-/m1/s1. The number of fused-ring (bicyclic) bond motifs is 1. The van der Waals surface area contributed by atoms with Gasteiger partial charge in [-0.15, -0.1) is 0 Å². The van der Waals surface area contributed by atoms with Gasteiger partial charge in [-0.2, -0.15) is 0 Å². The van der Waals surface area contributed by atoms with Gasteiger partial charge in [-0.3, -0.25) is 4.90 Å². The minimum absolute atomic E-state index is 0.675. The first kappa shape index (κ1) is 10.3. The lowest BCUT2D eigenvalue weighted by Crippen LogP contribution is -2.44. The monoisotopic (exact) mass is 217 g/mol. The maximum absolute atomic E-state index is 5.43. The average molecular weight is 217 g/mol. The Labute approximate surface area is 97.2 Å². The summed E-state index contributed by atoms with van der Waals surface area (Å²) >= 11 is 0. The van der Waals surface area contributed by atoms with E-state index < -0.39 is 0 Å². The van der Waals surface area contributed by atoms with Crippen LogP contribution in [-0.4, -0.2) is 37.2 Å². The molecule has 1 heterocycles. The fraction of sp³-hybridized carbons (Fsp3) is 0.571. The van der Waals surface area contributed by atoms with Crippen molar-refractivity contribution in [2.75, 3.05) is 26.3 Å². The second-order valence-electron chi connectivity index (χ2n) is 4.91. The SMILES string of the molecule is C[C@@H]1c2ccccc2C[C@H]1N1CCOCC1. The van der Waals surface area contributed by atoms with Crippen LogP contribution in [0.2, 0.25) is 0 Å². The minimum Gasteiger partial charge on any atom is -0.379 e. The summed E-state index contributed by atoms with van der Waals surface area (Å²) in [6.45, 7) is 6.37. The van der Waals surface area contributed by atoms with E-state index in [2.05, 4.69) is 36.1 Å². The highest BCUT2D eigenvalue weighted by Crippen LogP contribution is 2.35. The predicted octanol–water partition coefficient (Wildman–Crippen LogP) is 2.05. The van der Waals surface area contributed by atoms with Gasteiger partial charge in [0.15, 0.2) is 0 Å². The van der Waals surface area contributed by atoms with Crippen LogP contribution < -0.4 is 0 Å². The third-order valence-corrected chi connectivity index (χ3v) is 4.07. The van der Waals surface area contributed by atoms with Crippen molar-refractivity contribution < 1.29 is 4.74 Å². The van der Waals surface area contributed by atoms with E-state index >= 15 is 0 Å². The largest absolute Gasteiger partial charge is 0.379 e. The van der Waals surface area contributed by atoms with Gasteiger partial charge in [-0.25, -0.2) is 0 Å². The number of hydrogen-bond acceptors (Lipinski definition) is 2. The summed E-state index contributed by atoms with van der Waals surface area (Å²) in [5.74, 6) is 0.675. The molecule has 1 aromatic rings. The van der Waals surface area contributed by atoms with E-state index in [-0.39, 0.29) is 0 Å². The lowest BCUT2D eigenvalue weighted by atomic mass is 9.99. The van der Waals surface area contributed by atoms with Gasteiger partial charge in [0.2, 0.25) is 0 Å². The predicted molar refractivity (Wildman–Crippen MR) is 64.7 cm³/mol. The lowest BCUT2D eigenvalue weighted by Gasteiger charge is -2.34. The molecule has 16 heavy (non-hydrogen) atoms. The van der Waals surface area contributed by atoms with Crippen LogP contribution in [0.15, 0.2) is 24.3 Å². The maximum Gasteiger partial charge on any atom is 0.0594 e. The van der Waals surface area contributed by atoms with Gasteiger partial charge < -0.3 is 4.74 Å². The normalized spacial score (nSPS) is 30.3. The molecule has 0 N–H and O–H groups in total. The van der Waals surface area contributed by atoms with Gasteiger partial charge >= 0.3 is 0 Å². The molecule has 0 aromatic heterocycles. The zero-order chi connectivity index (χ0) is 11.0. The second kappa shape index (κ2) is 4.19. The fourth-order valence-corrected chi connectivity index (χ4v) is 3.13. The first-order valence-electron chi connectivity index (χ1n) is 6.26. The number of benzene rings is 1. The van der Waals surface area contributed by atoms with Gasteiger partial charge in [0, 0.05) is 19.1 Å². The summed E-state index contributed by atoms with van der Waals surface area (Å²) in [6.07, 6.45) is 1.22. The van der Waals surface area contributed by atoms with Crippen LogP contribution in [0.3, 0.4) is 0 Å². The highest BCUT2D eigenvalue weighted by molar-refractivity contribution is 5.37. The Morgan fingerprint density at radius 1 is 1.19 bits per heavy atom. The van der Waals surface area contributed by atoms with E-state index in [4.69, 9.17) is 4.74 Å². The third-order valence-electron chi connectivity index (χ3n) is 4.07. The molecule has 0 unspecified atom stereocenters. The Balaban J connectivity index is 1.80. The molecule has 3 rings (SSSR count). The zero-order valence-electron chi connectivity index (χ0n) is 9.86.